The largest absolute Gasteiger partial charge is 0.463 e. The molecule has 5 heteroatoms. The second kappa shape index (κ2) is 6.04. The molecule has 0 aliphatic rings. The molecular weight excluding hydrogens is 294 g/mol. The molecule has 0 saturated carbocycles. The number of fused-ring (bicyclic) bond motifs is 1. The lowest BCUT2D eigenvalue weighted by Crippen LogP contribution is -2.08. The molecule has 5 nitrogen and oxygen atoms in total. The molecule has 0 radical (unpaired) electrons. The maximum Gasteiger partial charge on any atom is 0.308 e. The summed E-state index contributed by atoms with van der Waals surface area (Å²) < 4.78 is 10.8. The summed E-state index contributed by atoms with van der Waals surface area (Å²) in [6.45, 7) is 3.27. The molecule has 2 aromatic heterocycles. The molecule has 0 atom stereocenters. The molecule has 3 aromatic rings. The van der Waals surface area contributed by atoms with Crippen molar-refractivity contribution in [2.75, 3.05) is 0 Å². The van der Waals surface area contributed by atoms with Crippen LogP contribution in [0.4, 0.5) is 0 Å². The van der Waals surface area contributed by atoms with Crippen LogP contribution >= 0.6 is 0 Å². The highest BCUT2D eigenvalue weighted by Crippen LogP contribution is 2.27. The van der Waals surface area contributed by atoms with Gasteiger partial charge in [0.05, 0.1) is 16.6 Å². The maximum atomic E-state index is 12.7. The Labute approximate surface area is 132 Å². The SMILES string of the molecule is CCc1cc2c(=O)c(-c3ccccn3)coc2cc1OC(C)=O. The highest BCUT2D eigenvalue weighted by Gasteiger charge is 2.14. The molecular formula is C18H15NO4. The Hall–Kier alpha value is -2.95. The fourth-order valence-electron chi connectivity index (χ4n) is 2.43. The first-order valence-corrected chi connectivity index (χ1v) is 7.28. The minimum absolute atomic E-state index is 0.158. The molecule has 0 N–H and O–H groups in total. The van der Waals surface area contributed by atoms with Crippen molar-refractivity contribution < 1.29 is 13.9 Å². The Balaban J connectivity index is 2.22. The molecule has 23 heavy (non-hydrogen) atoms. The normalized spacial score (nSPS) is 10.7. The number of pyridine rings is 1. The molecule has 0 aliphatic heterocycles. The number of benzene rings is 1. The van der Waals surface area contributed by atoms with Gasteiger partial charge in [-0.05, 0) is 30.2 Å². The van der Waals surface area contributed by atoms with Crippen LogP contribution in [0.15, 0.2) is 52.0 Å². The summed E-state index contributed by atoms with van der Waals surface area (Å²) in [5.41, 5.74) is 1.96. The van der Waals surface area contributed by atoms with Crippen molar-refractivity contribution >= 4 is 16.9 Å². The van der Waals surface area contributed by atoms with Gasteiger partial charge in [-0.25, -0.2) is 0 Å². The third-order valence-electron chi connectivity index (χ3n) is 3.53. The highest BCUT2D eigenvalue weighted by molar-refractivity contribution is 5.84. The van der Waals surface area contributed by atoms with Crippen molar-refractivity contribution in [3.05, 3.63) is 58.6 Å². The zero-order valence-electron chi connectivity index (χ0n) is 12.8. The van der Waals surface area contributed by atoms with Crippen LogP contribution in [-0.4, -0.2) is 11.0 Å². The van der Waals surface area contributed by atoms with Crippen LogP contribution in [0.3, 0.4) is 0 Å². The van der Waals surface area contributed by atoms with Gasteiger partial charge in [-0.3, -0.25) is 14.6 Å². The van der Waals surface area contributed by atoms with Gasteiger partial charge in [-0.15, -0.1) is 0 Å². The first-order valence-electron chi connectivity index (χ1n) is 7.28. The van der Waals surface area contributed by atoms with Gasteiger partial charge in [0.15, 0.2) is 0 Å². The lowest BCUT2D eigenvalue weighted by atomic mass is 10.1. The van der Waals surface area contributed by atoms with Crippen molar-refractivity contribution in [3.63, 3.8) is 0 Å². The maximum absolute atomic E-state index is 12.7. The van der Waals surface area contributed by atoms with E-state index in [4.69, 9.17) is 9.15 Å². The number of hydrogen-bond donors (Lipinski definition) is 0. The predicted octanol–water partition coefficient (Wildman–Crippen LogP) is 3.34. The van der Waals surface area contributed by atoms with Crippen molar-refractivity contribution in [1.29, 1.82) is 0 Å². The van der Waals surface area contributed by atoms with Gasteiger partial charge in [0.1, 0.15) is 17.6 Å². The van der Waals surface area contributed by atoms with E-state index in [9.17, 15) is 9.59 Å². The molecule has 0 bridgehead atoms. The summed E-state index contributed by atoms with van der Waals surface area (Å²) in [6.07, 6.45) is 3.64. The number of aryl methyl sites for hydroxylation is 1. The smallest absolute Gasteiger partial charge is 0.308 e. The lowest BCUT2D eigenvalue weighted by Gasteiger charge is -2.09. The Bertz CT molecular complexity index is 929. The van der Waals surface area contributed by atoms with Crippen LogP contribution in [0.5, 0.6) is 5.75 Å². The van der Waals surface area contributed by atoms with Crippen molar-refractivity contribution in [3.8, 4) is 17.0 Å². The number of rotatable bonds is 3. The average Bonchev–Trinajstić information content (AvgIpc) is 2.55. The molecule has 0 fully saturated rings. The highest BCUT2D eigenvalue weighted by atomic mass is 16.5. The van der Waals surface area contributed by atoms with Crippen LogP contribution in [0, 0.1) is 0 Å². The number of aromatic nitrogens is 1. The fraction of sp³-hybridized carbons (Fsp3) is 0.167. The van der Waals surface area contributed by atoms with Gasteiger partial charge in [-0.2, -0.15) is 0 Å². The van der Waals surface area contributed by atoms with Crippen molar-refractivity contribution in [1.82, 2.24) is 4.98 Å². The average molecular weight is 309 g/mol. The third kappa shape index (κ3) is 2.85. The number of esters is 1. The van der Waals surface area contributed by atoms with Crippen molar-refractivity contribution in [2.24, 2.45) is 0 Å². The molecule has 0 amide bonds. The summed E-state index contributed by atoms with van der Waals surface area (Å²) in [5.74, 6) is 0.00717. The van der Waals surface area contributed by atoms with Crippen LogP contribution in [0.25, 0.3) is 22.2 Å². The van der Waals surface area contributed by atoms with Gasteiger partial charge in [0.25, 0.3) is 0 Å². The topological polar surface area (TPSA) is 69.4 Å². The monoisotopic (exact) mass is 309 g/mol. The van der Waals surface area contributed by atoms with E-state index in [2.05, 4.69) is 4.98 Å². The molecule has 3 rings (SSSR count). The second-order valence-corrected chi connectivity index (χ2v) is 5.10. The fourth-order valence-corrected chi connectivity index (χ4v) is 2.43. The summed E-state index contributed by atoms with van der Waals surface area (Å²) in [4.78, 5) is 28.1. The molecule has 0 saturated heterocycles. The van der Waals surface area contributed by atoms with E-state index in [0.717, 1.165) is 5.56 Å². The Morgan fingerprint density at radius 2 is 2.13 bits per heavy atom. The van der Waals surface area contributed by atoms with E-state index in [0.29, 0.717) is 34.4 Å². The Morgan fingerprint density at radius 3 is 2.78 bits per heavy atom. The summed E-state index contributed by atoms with van der Waals surface area (Å²) in [5, 5.41) is 0.445. The van der Waals surface area contributed by atoms with E-state index < -0.39 is 5.97 Å². The van der Waals surface area contributed by atoms with Gasteiger partial charge >= 0.3 is 5.97 Å². The third-order valence-corrected chi connectivity index (χ3v) is 3.53. The van der Waals surface area contributed by atoms with Gasteiger partial charge in [0.2, 0.25) is 5.43 Å². The molecule has 2 heterocycles. The first kappa shape index (κ1) is 15.0. The predicted molar refractivity (Wildman–Crippen MR) is 86.4 cm³/mol. The molecule has 0 aliphatic carbocycles. The van der Waals surface area contributed by atoms with E-state index >= 15 is 0 Å². The van der Waals surface area contributed by atoms with E-state index in [-0.39, 0.29) is 5.43 Å². The summed E-state index contributed by atoms with van der Waals surface area (Å²) >= 11 is 0. The zero-order chi connectivity index (χ0) is 16.4. The number of ether oxygens (including phenoxy) is 1. The number of carbonyl (C=O) groups excluding carboxylic acids is 1. The quantitative estimate of drug-likeness (QED) is 0.548. The van der Waals surface area contributed by atoms with Gasteiger partial charge in [-0.1, -0.05) is 13.0 Å². The molecule has 1 aromatic carbocycles. The van der Waals surface area contributed by atoms with Crippen LogP contribution < -0.4 is 10.2 Å². The van der Waals surface area contributed by atoms with Gasteiger partial charge < -0.3 is 9.15 Å². The van der Waals surface area contributed by atoms with Gasteiger partial charge in [0, 0.05) is 19.2 Å². The Morgan fingerprint density at radius 1 is 1.30 bits per heavy atom. The molecule has 0 spiro atoms. The first-order chi connectivity index (χ1) is 11.1. The standard InChI is InChI=1S/C18H15NO4/c1-3-12-8-13-17(9-16(12)23-11(2)20)22-10-14(18(13)21)15-6-4-5-7-19-15/h4-10H,3H2,1-2H3. The van der Waals surface area contributed by atoms with Crippen LogP contribution in [0.1, 0.15) is 19.4 Å². The second-order valence-electron chi connectivity index (χ2n) is 5.10. The molecule has 116 valence electrons. The van der Waals surface area contributed by atoms with Crippen molar-refractivity contribution in [2.45, 2.75) is 20.3 Å². The zero-order valence-corrected chi connectivity index (χ0v) is 12.8. The van der Waals surface area contributed by atoms with E-state index in [1.165, 1.54) is 13.2 Å². The summed E-state index contributed by atoms with van der Waals surface area (Å²) in [7, 11) is 0. The van der Waals surface area contributed by atoms with Crippen LogP contribution in [0.2, 0.25) is 0 Å². The van der Waals surface area contributed by atoms with Crippen LogP contribution in [-0.2, 0) is 11.2 Å². The minimum atomic E-state index is -0.411. The van der Waals surface area contributed by atoms with E-state index in [1.54, 1.807) is 30.5 Å². The number of hydrogen-bond acceptors (Lipinski definition) is 5. The minimum Gasteiger partial charge on any atom is -0.463 e. The number of nitrogens with zero attached hydrogens (tertiary/aromatic N) is 1. The number of carbonyl (C=O) groups is 1. The molecule has 0 unspecified atom stereocenters. The van der Waals surface area contributed by atoms with E-state index in [1.807, 2.05) is 13.0 Å². The lowest BCUT2D eigenvalue weighted by molar-refractivity contribution is -0.131. The Kier molecular flexibility index (Phi) is 3.93. The summed E-state index contributed by atoms with van der Waals surface area (Å²) in [6, 6.07) is 8.65.